The molecular formula is C17H18N2O2. The monoisotopic (exact) mass is 282 g/mol. The van der Waals surface area contributed by atoms with Gasteiger partial charge in [0.2, 0.25) is 0 Å². The van der Waals surface area contributed by atoms with Gasteiger partial charge in [-0.05, 0) is 24.5 Å². The zero-order valence-corrected chi connectivity index (χ0v) is 11.9. The van der Waals surface area contributed by atoms with Crippen LogP contribution in [0.5, 0.6) is 0 Å². The molecule has 0 aliphatic carbocycles. The molecule has 0 heterocycles. The van der Waals surface area contributed by atoms with Crippen molar-refractivity contribution in [2.75, 3.05) is 0 Å². The molecule has 2 amide bonds. The molecule has 0 radical (unpaired) electrons. The molecule has 108 valence electrons. The predicted octanol–water partition coefficient (Wildman–Crippen LogP) is 1.88. The Morgan fingerprint density at radius 3 is 2.24 bits per heavy atom. The maximum Gasteiger partial charge on any atom is 0.309 e. The molecule has 0 saturated carbocycles. The number of primary amides is 1. The van der Waals surface area contributed by atoms with Gasteiger partial charge in [0, 0.05) is 0 Å². The lowest BCUT2D eigenvalue weighted by molar-refractivity contribution is -0.137. The van der Waals surface area contributed by atoms with E-state index < -0.39 is 11.8 Å². The normalized spacial score (nSPS) is 11.7. The van der Waals surface area contributed by atoms with Crippen LogP contribution in [0.2, 0.25) is 0 Å². The van der Waals surface area contributed by atoms with Crippen LogP contribution < -0.4 is 11.1 Å². The van der Waals surface area contributed by atoms with Crippen LogP contribution in [0, 0.1) is 6.92 Å². The number of aryl methyl sites for hydroxylation is 1. The Hall–Kier alpha value is -2.62. The molecule has 0 aliphatic heterocycles. The molecule has 4 nitrogen and oxygen atoms in total. The van der Waals surface area contributed by atoms with Crippen LogP contribution in [0.15, 0.2) is 54.6 Å². The summed E-state index contributed by atoms with van der Waals surface area (Å²) in [4.78, 5) is 22.6. The van der Waals surface area contributed by atoms with Crippen molar-refractivity contribution in [3.05, 3.63) is 71.3 Å². The van der Waals surface area contributed by atoms with Gasteiger partial charge < -0.3 is 11.1 Å². The topological polar surface area (TPSA) is 72.2 Å². The molecule has 0 aromatic heterocycles. The van der Waals surface area contributed by atoms with Gasteiger partial charge in [-0.2, -0.15) is 0 Å². The molecule has 4 heteroatoms. The van der Waals surface area contributed by atoms with Crippen molar-refractivity contribution in [3.8, 4) is 0 Å². The standard InChI is InChI=1S/C17H18N2O2/c1-12-7-9-13(10-8-12)11-15(19-17(21)16(18)20)14-5-3-2-4-6-14/h2-10,15H,11H2,1H3,(H2,18,20)(H,19,21). The van der Waals surface area contributed by atoms with Crippen LogP contribution in [0.4, 0.5) is 0 Å². The van der Waals surface area contributed by atoms with Crippen LogP contribution in [0.3, 0.4) is 0 Å². The highest BCUT2D eigenvalue weighted by Crippen LogP contribution is 2.18. The summed E-state index contributed by atoms with van der Waals surface area (Å²) >= 11 is 0. The molecule has 0 saturated heterocycles. The number of carbonyl (C=O) groups excluding carboxylic acids is 2. The molecule has 2 aromatic rings. The molecule has 0 fully saturated rings. The van der Waals surface area contributed by atoms with Crippen molar-refractivity contribution in [2.24, 2.45) is 5.73 Å². The van der Waals surface area contributed by atoms with Gasteiger partial charge in [-0.25, -0.2) is 0 Å². The number of carbonyl (C=O) groups is 2. The second-order valence-electron chi connectivity index (χ2n) is 4.99. The van der Waals surface area contributed by atoms with Crippen molar-refractivity contribution >= 4 is 11.8 Å². The Kier molecular flexibility index (Phi) is 4.72. The summed E-state index contributed by atoms with van der Waals surface area (Å²) in [5.41, 5.74) is 8.22. The van der Waals surface area contributed by atoms with Crippen molar-refractivity contribution < 1.29 is 9.59 Å². The van der Waals surface area contributed by atoms with E-state index in [1.807, 2.05) is 61.5 Å². The largest absolute Gasteiger partial charge is 0.361 e. The van der Waals surface area contributed by atoms with Gasteiger partial charge in [-0.15, -0.1) is 0 Å². The minimum absolute atomic E-state index is 0.283. The van der Waals surface area contributed by atoms with Crippen LogP contribution in [0.25, 0.3) is 0 Å². The Morgan fingerprint density at radius 2 is 1.67 bits per heavy atom. The summed E-state index contributed by atoms with van der Waals surface area (Å²) in [6, 6.07) is 17.3. The first-order chi connectivity index (χ1) is 10.1. The number of rotatable bonds is 4. The smallest absolute Gasteiger partial charge is 0.309 e. The van der Waals surface area contributed by atoms with Crippen molar-refractivity contribution in [1.82, 2.24) is 5.32 Å². The fraction of sp³-hybridized carbons (Fsp3) is 0.176. The molecule has 0 spiro atoms. The van der Waals surface area contributed by atoms with Gasteiger partial charge >= 0.3 is 11.8 Å². The van der Waals surface area contributed by atoms with Gasteiger partial charge in [0.1, 0.15) is 0 Å². The quantitative estimate of drug-likeness (QED) is 0.840. The Labute approximate surface area is 124 Å². The fourth-order valence-electron chi connectivity index (χ4n) is 2.13. The van der Waals surface area contributed by atoms with E-state index in [-0.39, 0.29) is 6.04 Å². The van der Waals surface area contributed by atoms with Crippen molar-refractivity contribution in [2.45, 2.75) is 19.4 Å². The lowest BCUT2D eigenvalue weighted by Gasteiger charge is -2.18. The zero-order chi connectivity index (χ0) is 15.2. The van der Waals surface area contributed by atoms with Crippen LogP contribution in [-0.4, -0.2) is 11.8 Å². The van der Waals surface area contributed by atoms with Gasteiger partial charge in [0.05, 0.1) is 6.04 Å². The lowest BCUT2D eigenvalue weighted by atomic mass is 9.98. The van der Waals surface area contributed by atoms with E-state index in [9.17, 15) is 9.59 Å². The highest BCUT2D eigenvalue weighted by Gasteiger charge is 2.18. The molecular weight excluding hydrogens is 264 g/mol. The van der Waals surface area contributed by atoms with E-state index in [1.165, 1.54) is 5.56 Å². The molecule has 3 N–H and O–H groups in total. The number of hydrogen-bond donors (Lipinski definition) is 2. The second-order valence-corrected chi connectivity index (χ2v) is 4.99. The van der Waals surface area contributed by atoms with E-state index in [0.29, 0.717) is 6.42 Å². The van der Waals surface area contributed by atoms with Crippen LogP contribution in [0.1, 0.15) is 22.7 Å². The van der Waals surface area contributed by atoms with Gasteiger partial charge in [-0.1, -0.05) is 60.2 Å². The van der Waals surface area contributed by atoms with E-state index in [4.69, 9.17) is 5.73 Å². The Bertz CT molecular complexity index is 621. The molecule has 0 bridgehead atoms. The highest BCUT2D eigenvalue weighted by molar-refractivity contribution is 6.34. The molecule has 0 aliphatic rings. The van der Waals surface area contributed by atoms with Gasteiger partial charge in [0.15, 0.2) is 0 Å². The summed E-state index contributed by atoms with van der Waals surface area (Å²) in [5, 5.41) is 2.68. The third-order valence-corrected chi connectivity index (χ3v) is 3.29. The minimum Gasteiger partial charge on any atom is -0.361 e. The number of nitrogens with two attached hydrogens (primary N) is 1. The molecule has 21 heavy (non-hydrogen) atoms. The molecule has 1 unspecified atom stereocenters. The molecule has 2 aromatic carbocycles. The minimum atomic E-state index is -0.972. The summed E-state index contributed by atoms with van der Waals surface area (Å²) in [6.45, 7) is 2.02. The van der Waals surface area contributed by atoms with E-state index in [1.54, 1.807) is 0 Å². The Morgan fingerprint density at radius 1 is 1.05 bits per heavy atom. The van der Waals surface area contributed by atoms with Gasteiger partial charge in [-0.3, -0.25) is 9.59 Å². The first kappa shape index (κ1) is 14.8. The maximum absolute atomic E-state index is 11.6. The fourth-order valence-corrected chi connectivity index (χ4v) is 2.13. The number of amides is 2. The van der Waals surface area contributed by atoms with E-state index in [0.717, 1.165) is 11.1 Å². The average Bonchev–Trinajstić information content (AvgIpc) is 2.49. The zero-order valence-electron chi connectivity index (χ0n) is 11.9. The average molecular weight is 282 g/mol. The Balaban J connectivity index is 2.21. The van der Waals surface area contributed by atoms with Gasteiger partial charge in [0.25, 0.3) is 0 Å². The van der Waals surface area contributed by atoms with E-state index in [2.05, 4.69) is 5.32 Å². The van der Waals surface area contributed by atoms with Crippen LogP contribution >= 0.6 is 0 Å². The number of hydrogen-bond acceptors (Lipinski definition) is 2. The summed E-state index contributed by atoms with van der Waals surface area (Å²) in [7, 11) is 0. The summed E-state index contributed by atoms with van der Waals surface area (Å²) in [5.74, 6) is -1.74. The van der Waals surface area contributed by atoms with Crippen molar-refractivity contribution in [3.63, 3.8) is 0 Å². The van der Waals surface area contributed by atoms with Crippen LogP contribution in [-0.2, 0) is 16.0 Å². The van der Waals surface area contributed by atoms with Crippen molar-refractivity contribution in [1.29, 1.82) is 0 Å². The summed E-state index contributed by atoms with van der Waals surface area (Å²) < 4.78 is 0. The highest BCUT2D eigenvalue weighted by atomic mass is 16.2. The third-order valence-electron chi connectivity index (χ3n) is 3.29. The first-order valence-electron chi connectivity index (χ1n) is 6.77. The maximum atomic E-state index is 11.6. The second kappa shape index (κ2) is 6.70. The number of nitrogens with one attached hydrogen (secondary N) is 1. The molecule has 1 atom stereocenters. The summed E-state index contributed by atoms with van der Waals surface area (Å²) in [6.07, 6.45) is 0.601. The van der Waals surface area contributed by atoms with E-state index >= 15 is 0 Å². The third kappa shape index (κ3) is 4.18. The molecule has 2 rings (SSSR count). The predicted molar refractivity (Wildman–Crippen MR) is 81.4 cm³/mol. The lowest BCUT2D eigenvalue weighted by Crippen LogP contribution is -2.39. The SMILES string of the molecule is Cc1ccc(CC(NC(=O)C(N)=O)c2ccccc2)cc1. The number of benzene rings is 2. The first-order valence-corrected chi connectivity index (χ1v) is 6.77.